The first-order valence-corrected chi connectivity index (χ1v) is 7.81. The molecule has 0 atom stereocenters. The SMILES string of the molecule is N#Cc1cc(N2CCCC2=O)cc2c1-c1ccnn1CCCO2. The fourth-order valence-electron chi connectivity index (χ4n) is 3.26. The average Bonchev–Trinajstić information content (AvgIpc) is 3.17. The van der Waals surface area contributed by atoms with Gasteiger partial charge in [-0.05, 0) is 18.6 Å². The molecule has 1 saturated heterocycles. The minimum absolute atomic E-state index is 0.102. The maximum absolute atomic E-state index is 12.0. The highest BCUT2D eigenvalue weighted by molar-refractivity contribution is 5.96. The van der Waals surface area contributed by atoms with Crippen LogP contribution in [0.4, 0.5) is 5.69 Å². The molecule has 1 fully saturated rings. The summed E-state index contributed by atoms with van der Waals surface area (Å²) >= 11 is 0. The molecule has 3 heterocycles. The summed E-state index contributed by atoms with van der Waals surface area (Å²) in [5.74, 6) is 0.755. The average molecular weight is 308 g/mol. The van der Waals surface area contributed by atoms with E-state index in [2.05, 4.69) is 11.2 Å². The predicted molar refractivity (Wildman–Crippen MR) is 84.1 cm³/mol. The van der Waals surface area contributed by atoms with Crippen molar-refractivity contribution in [2.75, 3.05) is 18.1 Å². The topological polar surface area (TPSA) is 71.2 Å². The van der Waals surface area contributed by atoms with Crippen molar-refractivity contribution in [3.63, 3.8) is 0 Å². The molecule has 2 aliphatic heterocycles. The van der Waals surface area contributed by atoms with Crippen LogP contribution in [0.5, 0.6) is 5.75 Å². The van der Waals surface area contributed by atoms with Crippen LogP contribution in [-0.4, -0.2) is 28.8 Å². The van der Waals surface area contributed by atoms with E-state index in [0.717, 1.165) is 36.3 Å². The van der Waals surface area contributed by atoms with Gasteiger partial charge in [-0.15, -0.1) is 0 Å². The molecule has 0 N–H and O–H groups in total. The number of rotatable bonds is 1. The van der Waals surface area contributed by atoms with Crippen LogP contribution in [0, 0.1) is 11.3 Å². The second-order valence-electron chi connectivity index (χ2n) is 5.77. The van der Waals surface area contributed by atoms with E-state index in [1.807, 2.05) is 16.8 Å². The molecule has 6 nitrogen and oxygen atoms in total. The van der Waals surface area contributed by atoms with Gasteiger partial charge in [-0.2, -0.15) is 10.4 Å². The van der Waals surface area contributed by atoms with Crippen LogP contribution < -0.4 is 9.64 Å². The third-order valence-electron chi connectivity index (χ3n) is 4.34. The standard InChI is InChI=1S/C17H16N4O2/c18-11-12-9-13(20-6-1-3-16(20)22)10-15-17(12)14-4-5-19-21(14)7-2-8-23-15/h4-5,9-10H,1-3,6-8H2. The number of fused-ring (bicyclic) bond motifs is 3. The van der Waals surface area contributed by atoms with E-state index in [0.29, 0.717) is 30.9 Å². The van der Waals surface area contributed by atoms with Gasteiger partial charge in [0.15, 0.2) is 0 Å². The van der Waals surface area contributed by atoms with E-state index in [1.54, 1.807) is 17.2 Å². The van der Waals surface area contributed by atoms with Gasteiger partial charge in [0.25, 0.3) is 0 Å². The van der Waals surface area contributed by atoms with Gasteiger partial charge in [0, 0.05) is 43.9 Å². The Morgan fingerprint density at radius 2 is 2.17 bits per heavy atom. The Morgan fingerprint density at radius 1 is 1.26 bits per heavy atom. The quantitative estimate of drug-likeness (QED) is 0.810. The number of nitrogens with zero attached hydrogens (tertiary/aromatic N) is 4. The van der Waals surface area contributed by atoms with E-state index in [4.69, 9.17) is 4.74 Å². The van der Waals surface area contributed by atoms with Crippen molar-refractivity contribution in [3.8, 4) is 23.1 Å². The summed E-state index contributed by atoms with van der Waals surface area (Å²) in [5, 5.41) is 13.9. The molecule has 1 aromatic carbocycles. The summed E-state index contributed by atoms with van der Waals surface area (Å²) in [6.45, 7) is 2.02. The zero-order valence-electron chi connectivity index (χ0n) is 12.7. The maximum Gasteiger partial charge on any atom is 0.227 e. The number of anilines is 1. The van der Waals surface area contributed by atoms with Gasteiger partial charge >= 0.3 is 0 Å². The summed E-state index contributed by atoms with van der Waals surface area (Å²) < 4.78 is 7.81. The Kier molecular flexibility index (Phi) is 3.27. The van der Waals surface area contributed by atoms with Crippen LogP contribution in [0.15, 0.2) is 24.4 Å². The molecule has 0 radical (unpaired) electrons. The summed E-state index contributed by atoms with van der Waals surface area (Å²) in [6, 6.07) is 7.81. The number of hydrogen-bond acceptors (Lipinski definition) is 4. The van der Waals surface area contributed by atoms with Gasteiger partial charge in [0.2, 0.25) is 5.91 Å². The summed E-state index contributed by atoms with van der Waals surface area (Å²) in [7, 11) is 0. The molecule has 0 spiro atoms. The van der Waals surface area contributed by atoms with Gasteiger partial charge in [0.1, 0.15) is 11.8 Å². The molecule has 1 amide bonds. The number of nitriles is 1. The minimum atomic E-state index is 0.102. The normalized spacial score (nSPS) is 16.8. The molecule has 116 valence electrons. The smallest absolute Gasteiger partial charge is 0.227 e. The molecule has 1 aromatic heterocycles. The maximum atomic E-state index is 12.0. The molecule has 2 aliphatic rings. The highest BCUT2D eigenvalue weighted by Gasteiger charge is 2.26. The molecule has 23 heavy (non-hydrogen) atoms. The molecular formula is C17H16N4O2. The molecule has 0 saturated carbocycles. The number of aromatic nitrogens is 2. The van der Waals surface area contributed by atoms with Crippen molar-refractivity contribution in [1.29, 1.82) is 5.26 Å². The molecule has 6 heteroatoms. The minimum Gasteiger partial charge on any atom is -0.493 e. The van der Waals surface area contributed by atoms with Crippen molar-refractivity contribution in [3.05, 3.63) is 30.0 Å². The van der Waals surface area contributed by atoms with E-state index in [1.165, 1.54) is 0 Å². The van der Waals surface area contributed by atoms with Gasteiger partial charge in [-0.1, -0.05) is 0 Å². The van der Waals surface area contributed by atoms with E-state index in [-0.39, 0.29) is 5.91 Å². The third-order valence-corrected chi connectivity index (χ3v) is 4.34. The van der Waals surface area contributed by atoms with Crippen molar-refractivity contribution in [2.24, 2.45) is 0 Å². The second kappa shape index (κ2) is 5.43. The Hall–Kier alpha value is -2.81. The number of carbonyl (C=O) groups is 1. The fourth-order valence-corrected chi connectivity index (χ4v) is 3.26. The number of ether oxygens (including phenoxy) is 1. The van der Waals surface area contributed by atoms with Crippen LogP contribution in [0.2, 0.25) is 0 Å². The number of aryl methyl sites for hydroxylation is 1. The number of hydrogen-bond donors (Lipinski definition) is 0. The molecular weight excluding hydrogens is 292 g/mol. The van der Waals surface area contributed by atoms with Gasteiger partial charge in [0.05, 0.1) is 23.4 Å². The van der Waals surface area contributed by atoms with Crippen LogP contribution in [-0.2, 0) is 11.3 Å². The van der Waals surface area contributed by atoms with Crippen molar-refractivity contribution < 1.29 is 9.53 Å². The lowest BCUT2D eigenvalue weighted by Crippen LogP contribution is -2.24. The number of amides is 1. The first-order valence-electron chi connectivity index (χ1n) is 7.81. The summed E-state index contributed by atoms with van der Waals surface area (Å²) in [4.78, 5) is 13.7. The fraction of sp³-hybridized carbons (Fsp3) is 0.353. The van der Waals surface area contributed by atoms with Crippen molar-refractivity contribution in [1.82, 2.24) is 9.78 Å². The predicted octanol–water partition coefficient (Wildman–Crippen LogP) is 2.33. The molecule has 4 rings (SSSR count). The van der Waals surface area contributed by atoms with Crippen LogP contribution >= 0.6 is 0 Å². The second-order valence-corrected chi connectivity index (χ2v) is 5.77. The first-order chi connectivity index (χ1) is 11.3. The number of carbonyl (C=O) groups excluding carboxylic acids is 1. The zero-order chi connectivity index (χ0) is 15.8. The Balaban J connectivity index is 1.90. The van der Waals surface area contributed by atoms with E-state index >= 15 is 0 Å². The largest absolute Gasteiger partial charge is 0.493 e. The van der Waals surface area contributed by atoms with Crippen molar-refractivity contribution in [2.45, 2.75) is 25.8 Å². The highest BCUT2D eigenvalue weighted by Crippen LogP contribution is 2.39. The van der Waals surface area contributed by atoms with E-state index in [9.17, 15) is 10.1 Å². The monoisotopic (exact) mass is 308 g/mol. The van der Waals surface area contributed by atoms with Crippen LogP contribution in [0.3, 0.4) is 0 Å². The lowest BCUT2D eigenvalue weighted by molar-refractivity contribution is -0.117. The molecule has 2 aromatic rings. The Morgan fingerprint density at radius 3 is 2.96 bits per heavy atom. The molecule has 0 bridgehead atoms. The van der Waals surface area contributed by atoms with Crippen LogP contribution in [0.1, 0.15) is 24.8 Å². The highest BCUT2D eigenvalue weighted by atomic mass is 16.5. The first kappa shape index (κ1) is 13.8. The van der Waals surface area contributed by atoms with E-state index < -0.39 is 0 Å². The lowest BCUT2D eigenvalue weighted by Gasteiger charge is -2.22. The Labute approximate surface area is 133 Å². The van der Waals surface area contributed by atoms with Crippen molar-refractivity contribution >= 4 is 11.6 Å². The Bertz CT molecular complexity index is 818. The molecule has 0 unspecified atom stereocenters. The summed E-state index contributed by atoms with van der Waals surface area (Å²) in [6.07, 6.45) is 4.00. The number of benzene rings is 1. The summed E-state index contributed by atoms with van der Waals surface area (Å²) in [5.41, 5.74) is 2.91. The van der Waals surface area contributed by atoms with Gasteiger partial charge in [-0.3, -0.25) is 9.48 Å². The van der Waals surface area contributed by atoms with Gasteiger partial charge < -0.3 is 9.64 Å². The third kappa shape index (κ3) is 2.25. The van der Waals surface area contributed by atoms with Gasteiger partial charge in [-0.25, -0.2) is 0 Å². The molecule has 0 aliphatic carbocycles. The van der Waals surface area contributed by atoms with Crippen LogP contribution in [0.25, 0.3) is 11.3 Å². The zero-order valence-corrected chi connectivity index (χ0v) is 12.7. The lowest BCUT2D eigenvalue weighted by atomic mass is 10.0.